The van der Waals surface area contributed by atoms with Gasteiger partial charge < -0.3 is 5.32 Å². The first kappa shape index (κ1) is 25.2. The predicted molar refractivity (Wildman–Crippen MR) is 130 cm³/mol. The number of nitrogens with one attached hydrogen (secondary N) is 1. The van der Waals surface area contributed by atoms with E-state index in [1.165, 1.54) is 103 Å². The fraction of sp³-hybridized carbons (Fsp3) is 1.00. The van der Waals surface area contributed by atoms with Crippen molar-refractivity contribution in [1.82, 2.24) is 10.2 Å². The van der Waals surface area contributed by atoms with Gasteiger partial charge in [0, 0.05) is 24.7 Å². The minimum Gasteiger partial charge on any atom is -0.318 e. The fourth-order valence-corrected chi connectivity index (χ4v) is 7.25. The first-order chi connectivity index (χ1) is 14.2. The van der Waals surface area contributed by atoms with Crippen molar-refractivity contribution in [1.29, 1.82) is 0 Å². The summed E-state index contributed by atoms with van der Waals surface area (Å²) in [5, 5.41) is 3.50. The maximum absolute atomic E-state index is 3.50. The van der Waals surface area contributed by atoms with Crippen LogP contribution in [0.15, 0.2) is 0 Å². The van der Waals surface area contributed by atoms with Gasteiger partial charge in [-0.3, -0.25) is 4.90 Å². The monoisotopic (exact) mass is 406 g/mol. The topological polar surface area (TPSA) is 15.3 Å². The van der Waals surface area contributed by atoms with Gasteiger partial charge in [0.25, 0.3) is 0 Å². The van der Waals surface area contributed by atoms with Gasteiger partial charge in [-0.2, -0.15) is 0 Å². The van der Waals surface area contributed by atoms with Crippen LogP contribution in [0.1, 0.15) is 124 Å². The van der Waals surface area contributed by atoms with Crippen molar-refractivity contribution in [2.75, 3.05) is 20.1 Å². The first-order valence-electron chi connectivity index (χ1n) is 13.6. The Morgan fingerprint density at radius 1 is 0.862 bits per heavy atom. The zero-order valence-corrected chi connectivity index (χ0v) is 20.8. The largest absolute Gasteiger partial charge is 0.318 e. The maximum Gasteiger partial charge on any atom is 0.0241 e. The van der Waals surface area contributed by atoms with E-state index in [0.717, 1.165) is 30.3 Å². The number of piperidine rings is 1. The highest BCUT2D eigenvalue weighted by molar-refractivity contribution is 5.07. The van der Waals surface area contributed by atoms with E-state index in [9.17, 15) is 0 Å². The van der Waals surface area contributed by atoms with E-state index >= 15 is 0 Å². The van der Waals surface area contributed by atoms with Gasteiger partial charge in [0.15, 0.2) is 0 Å². The van der Waals surface area contributed by atoms with Gasteiger partial charge in [0.2, 0.25) is 0 Å². The molecular formula is C27H54N2. The van der Waals surface area contributed by atoms with Gasteiger partial charge in [-0.25, -0.2) is 0 Å². The molecule has 1 saturated carbocycles. The lowest BCUT2D eigenvalue weighted by atomic mass is 9.57. The number of hydrogen-bond acceptors (Lipinski definition) is 2. The van der Waals surface area contributed by atoms with Gasteiger partial charge in [0.05, 0.1) is 0 Å². The van der Waals surface area contributed by atoms with Crippen LogP contribution in [0.4, 0.5) is 0 Å². The molecule has 0 aromatic heterocycles. The molecule has 2 heteroatoms. The summed E-state index contributed by atoms with van der Waals surface area (Å²) >= 11 is 0. The highest BCUT2D eigenvalue weighted by Gasteiger charge is 2.54. The first-order valence-corrected chi connectivity index (χ1v) is 13.6. The van der Waals surface area contributed by atoms with Crippen molar-refractivity contribution < 1.29 is 0 Å². The molecule has 172 valence electrons. The smallest absolute Gasteiger partial charge is 0.0241 e. The SMILES string of the molecule is CCCCCCC1(CCCCCC)C(C)C(CC)C2CCCCC2N1CCNC. The van der Waals surface area contributed by atoms with Crippen molar-refractivity contribution in [3.05, 3.63) is 0 Å². The number of nitrogens with zero attached hydrogens (tertiary/aromatic N) is 1. The normalized spacial score (nSPS) is 29.7. The van der Waals surface area contributed by atoms with Crippen molar-refractivity contribution in [2.24, 2.45) is 17.8 Å². The molecule has 0 aromatic rings. The molecule has 0 aromatic carbocycles. The van der Waals surface area contributed by atoms with Crippen LogP contribution in [0.5, 0.6) is 0 Å². The molecule has 1 saturated heterocycles. The molecule has 2 fully saturated rings. The van der Waals surface area contributed by atoms with Crippen LogP contribution < -0.4 is 5.32 Å². The molecule has 1 aliphatic carbocycles. The van der Waals surface area contributed by atoms with Crippen molar-refractivity contribution in [2.45, 2.75) is 136 Å². The summed E-state index contributed by atoms with van der Waals surface area (Å²) in [6.07, 6.45) is 21.5. The Hall–Kier alpha value is -0.0800. The lowest BCUT2D eigenvalue weighted by Crippen LogP contribution is -2.67. The summed E-state index contributed by atoms with van der Waals surface area (Å²) in [4.78, 5) is 3.11. The second-order valence-electron chi connectivity index (χ2n) is 10.4. The van der Waals surface area contributed by atoms with E-state index < -0.39 is 0 Å². The second-order valence-corrected chi connectivity index (χ2v) is 10.4. The average Bonchev–Trinajstić information content (AvgIpc) is 2.74. The Morgan fingerprint density at radius 3 is 2.03 bits per heavy atom. The number of fused-ring (bicyclic) bond motifs is 1. The van der Waals surface area contributed by atoms with Gasteiger partial charge in [0.1, 0.15) is 0 Å². The number of likely N-dealkylation sites (tertiary alicyclic amines) is 1. The molecule has 0 spiro atoms. The molecule has 29 heavy (non-hydrogen) atoms. The van der Waals surface area contributed by atoms with E-state index in [0.29, 0.717) is 5.54 Å². The molecule has 2 rings (SSSR count). The molecule has 4 atom stereocenters. The van der Waals surface area contributed by atoms with Crippen LogP contribution in [0.3, 0.4) is 0 Å². The quantitative estimate of drug-likeness (QED) is 0.302. The zero-order chi connectivity index (χ0) is 21.1. The summed E-state index contributed by atoms with van der Waals surface area (Å²) in [6, 6.07) is 0.857. The highest BCUT2D eigenvalue weighted by Crippen LogP contribution is 2.53. The van der Waals surface area contributed by atoms with E-state index in [2.05, 4.69) is 45.0 Å². The van der Waals surface area contributed by atoms with Crippen molar-refractivity contribution in [3.63, 3.8) is 0 Å². The van der Waals surface area contributed by atoms with Crippen molar-refractivity contribution >= 4 is 0 Å². The van der Waals surface area contributed by atoms with Gasteiger partial charge in [-0.15, -0.1) is 0 Å². The van der Waals surface area contributed by atoms with Gasteiger partial charge in [-0.05, 0) is 50.5 Å². The number of likely N-dealkylation sites (N-methyl/N-ethyl adjacent to an activating group) is 1. The van der Waals surface area contributed by atoms with Crippen LogP contribution in [-0.4, -0.2) is 36.6 Å². The van der Waals surface area contributed by atoms with Crippen LogP contribution in [0.2, 0.25) is 0 Å². The molecular weight excluding hydrogens is 352 g/mol. The third kappa shape index (κ3) is 6.22. The minimum absolute atomic E-state index is 0.456. The van der Waals surface area contributed by atoms with E-state index in [-0.39, 0.29) is 0 Å². The lowest BCUT2D eigenvalue weighted by molar-refractivity contribution is -0.127. The van der Waals surface area contributed by atoms with E-state index in [1.807, 2.05) is 0 Å². The third-order valence-corrected chi connectivity index (χ3v) is 8.79. The Labute approximate surface area is 184 Å². The fourth-order valence-electron chi connectivity index (χ4n) is 7.25. The van der Waals surface area contributed by atoms with Crippen LogP contribution in [0.25, 0.3) is 0 Å². The van der Waals surface area contributed by atoms with Crippen LogP contribution in [-0.2, 0) is 0 Å². The molecule has 4 unspecified atom stereocenters. The third-order valence-electron chi connectivity index (χ3n) is 8.79. The number of unbranched alkanes of at least 4 members (excludes halogenated alkanes) is 6. The highest BCUT2D eigenvalue weighted by atomic mass is 15.3. The van der Waals surface area contributed by atoms with E-state index in [4.69, 9.17) is 0 Å². The summed E-state index contributed by atoms with van der Waals surface area (Å²) in [5.41, 5.74) is 0.456. The van der Waals surface area contributed by atoms with Crippen LogP contribution >= 0.6 is 0 Å². The predicted octanol–water partition coefficient (Wildman–Crippen LogP) is 7.42. The Balaban J connectivity index is 2.31. The molecule has 2 aliphatic rings. The van der Waals surface area contributed by atoms with Gasteiger partial charge in [-0.1, -0.05) is 98.3 Å². The molecule has 0 amide bonds. The van der Waals surface area contributed by atoms with E-state index in [1.54, 1.807) is 0 Å². The number of rotatable bonds is 14. The van der Waals surface area contributed by atoms with Crippen molar-refractivity contribution in [3.8, 4) is 0 Å². The summed E-state index contributed by atoms with van der Waals surface area (Å²) < 4.78 is 0. The Bertz CT molecular complexity index is 409. The molecule has 0 bridgehead atoms. The summed E-state index contributed by atoms with van der Waals surface area (Å²) in [7, 11) is 2.14. The molecule has 2 nitrogen and oxygen atoms in total. The number of hydrogen-bond donors (Lipinski definition) is 1. The standard InChI is InChI=1S/C27H54N2/c1-6-9-11-15-19-27(20-16-12-10-7-2)23(4)24(8-3)25-17-13-14-18-26(25)29(27)22-21-28-5/h23-26,28H,6-22H2,1-5H3. The minimum atomic E-state index is 0.456. The Morgan fingerprint density at radius 2 is 1.48 bits per heavy atom. The molecule has 1 heterocycles. The maximum atomic E-state index is 3.50. The molecule has 0 radical (unpaired) electrons. The second kappa shape index (κ2) is 13.4. The summed E-state index contributed by atoms with van der Waals surface area (Å²) in [6.45, 7) is 12.3. The van der Waals surface area contributed by atoms with Gasteiger partial charge >= 0.3 is 0 Å². The molecule has 1 aliphatic heterocycles. The average molecular weight is 407 g/mol. The molecule has 1 N–H and O–H groups in total. The Kier molecular flexibility index (Phi) is 11.6. The summed E-state index contributed by atoms with van der Waals surface area (Å²) in [5.74, 6) is 2.76. The lowest BCUT2D eigenvalue weighted by Gasteiger charge is -2.62. The zero-order valence-electron chi connectivity index (χ0n) is 20.8. The van der Waals surface area contributed by atoms with Crippen LogP contribution in [0, 0.1) is 17.8 Å².